The van der Waals surface area contributed by atoms with Gasteiger partial charge in [0.25, 0.3) is 5.91 Å². The molecule has 2 amide bonds. The number of alkyl carbamates (subject to hydrolysis) is 1. The van der Waals surface area contributed by atoms with Gasteiger partial charge in [0.2, 0.25) is 0 Å². The highest BCUT2D eigenvalue weighted by Crippen LogP contribution is 2.31. The van der Waals surface area contributed by atoms with Crippen LogP contribution >= 0.6 is 0 Å². The van der Waals surface area contributed by atoms with E-state index >= 15 is 0 Å². The molecule has 3 rings (SSSR count). The number of carbonyl (C=O) groups excluding carboxylic acids is 2. The lowest BCUT2D eigenvalue weighted by Crippen LogP contribution is -2.57. The summed E-state index contributed by atoms with van der Waals surface area (Å²) in [6.07, 6.45) is 3.37. The van der Waals surface area contributed by atoms with Gasteiger partial charge in [-0.2, -0.15) is 5.26 Å². The number of benzene rings is 1. The van der Waals surface area contributed by atoms with Crippen LogP contribution in [0.3, 0.4) is 0 Å². The van der Waals surface area contributed by atoms with Crippen molar-refractivity contribution in [3.63, 3.8) is 0 Å². The molecule has 2 saturated heterocycles. The largest absolute Gasteiger partial charge is 0.475 e. The summed E-state index contributed by atoms with van der Waals surface area (Å²) in [5, 5.41) is 32.0. The average Bonchev–Trinajstić information content (AvgIpc) is 2.91. The third kappa shape index (κ3) is 7.80. The number of nitrogens with one attached hydrogen (secondary N) is 1. The van der Waals surface area contributed by atoms with Crippen molar-refractivity contribution in [2.24, 2.45) is 0 Å². The summed E-state index contributed by atoms with van der Waals surface area (Å²) in [5.74, 6) is -1.34. The quantitative estimate of drug-likeness (QED) is 0.251. The van der Waals surface area contributed by atoms with Crippen LogP contribution in [0.5, 0.6) is 0 Å². The SMILES string of the molecule is CC(C)(C=C(C#N)C(=O)N1CCCC[C@]1(C)COC(=O)N[C@@H](Cc1ccccc1)B(O)O)N1CCOCC1. The molecule has 10 nitrogen and oxygen atoms in total. The van der Waals surface area contributed by atoms with Gasteiger partial charge < -0.3 is 29.7 Å². The summed E-state index contributed by atoms with van der Waals surface area (Å²) in [5.41, 5.74) is -0.423. The number of likely N-dealkylation sites (tertiary alicyclic amines) is 1. The summed E-state index contributed by atoms with van der Waals surface area (Å²) in [7, 11) is -1.77. The van der Waals surface area contributed by atoms with Gasteiger partial charge in [-0.25, -0.2) is 4.79 Å². The van der Waals surface area contributed by atoms with Crippen LogP contribution in [0.2, 0.25) is 0 Å². The van der Waals surface area contributed by atoms with Gasteiger partial charge in [0, 0.05) is 25.2 Å². The Balaban J connectivity index is 1.67. The lowest BCUT2D eigenvalue weighted by atomic mass is 9.76. The summed E-state index contributed by atoms with van der Waals surface area (Å²) in [6, 6.07) is 11.3. The van der Waals surface area contributed by atoms with Crippen molar-refractivity contribution in [1.82, 2.24) is 15.1 Å². The van der Waals surface area contributed by atoms with Crippen LogP contribution in [0.25, 0.3) is 0 Å². The first-order valence-corrected chi connectivity index (χ1v) is 13.2. The number of hydrogen-bond acceptors (Lipinski definition) is 8. The Morgan fingerprint density at radius 1 is 1.24 bits per heavy atom. The molecule has 2 heterocycles. The predicted octanol–water partition coefficient (Wildman–Crippen LogP) is 1.67. The number of carbonyl (C=O) groups is 2. The Kier molecular flexibility index (Phi) is 10.3. The zero-order chi connectivity index (χ0) is 27.8. The second kappa shape index (κ2) is 13.2. The number of ether oxygens (including phenoxy) is 2. The van der Waals surface area contributed by atoms with Crippen LogP contribution in [-0.2, 0) is 20.7 Å². The van der Waals surface area contributed by atoms with Crippen LogP contribution in [0.15, 0.2) is 42.0 Å². The topological polar surface area (TPSA) is 135 Å². The first-order valence-electron chi connectivity index (χ1n) is 13.2. The maximum Gasteiger partial charge on any atom is 0.475 e. The molecule has 3 N–H and O–H groups in total. The highest BCUT2D eigenvalue weighted by Gasteiger charge is 2.41. The second-order valence-electron chi connectivity index (χ2n) is 10.8. The Hall–Kier alpha value is -2.91. The van der Waals surface area contributed by atoms with Gasteiger partial charge in [0.05, 0.1) is 24.7 Å². The lowest BCUT2D eigenvalue weighted by molar-refractivity contribution is -0.136. The van der Waals surface area contributed by atoms with E-state index in [2.05, 4.69) is 16.3 Å². The molecule has 0 unspecified atom stereocenters. The Bertz CT molecular complexity index is 1020. The Morgan fingerprint density at radius 3 is 2.55 bits per heavy atom. The molecule has 11 heteroatoms. The molecule has 0 spiro atoms. The van der Waals surface area contributed by atoms with E-state index in [1.54, 1.807) is 11.0 Å². The van der Waals surface area contributed by atoms with Gasteiger partial charge in [-0.3, -0.25) is 9.69 Å². The fourth-order valence-corrected chi connectivity index (χ4v) is 5.06. The molecule has 206 valence electrons. The van der Waals surface area contributed by atoms with Crippen molar-refractivity contribution < 1.29 is 29.1 Å². The fourth-order valence-electron chi connectivity index (χ4n) is 5.06. The molecular weight excluding hydrogens is 487 g/mol. The van der Waals surface area contributed by atoms with Crippen LogP contribution in [0.1, 0.15) is 45.6 Å². The number of amides is 2. The van der Waals surface area contributed by atoms with Crippen LogP contribution in [0, 0.1) is 11.3 Å². The molecule has 38 heavy (non-hydrogen) atoms. The standard InChI is InChI=1S/C27H39BN4O6/c1-26(2,31-13-15-37-16-14-31)18-22(19-29)24(33)32-12-8-7-11-27(32,3)20-38-25(34)30-23(28(35)36)17-21-9-5-4-6-10-21/h4-6,9-10,18,23,35-36H,7-8,11-17,20H2,1-3H3,(H,30,34)/t23-,27+/m0/s1. The van der Waals surface area contributed by atoms with E-state index in [1.165, 1.54) is 0 Å². The minimum absolute atomic E-state index is 0.0606. The van der Waals surface area contributed by atoms with Gasteiger partial charge in [0.1, 0.15) is 18.2 Å². The van der Waals surface area contributed by atoms with Crippen molar-refractivity contribution in [3.8, 4) is 6.07 Å². The molecule has 1 aromatic carbocycles. The minimum atomic E-state index is -1.77. The predicted molar refractivity (Wildman–Crippen MR) is 143 cm³/mol. The fraction of sp³-hybridized carbons (Fsp3) is 0.593. The number of nitrogens with zero attached hydrogens (tertiary/aromatic N) is 3. The molecule has 0 saturated carbocycles. The number of rotatable bonds is 9. The van der Waals surface area contributed by atoms with E-state index in [1.807, 2.05) is 51.1 Å². The van der Waals surface area contributed by atoms with Crippen molar-refractivity contribution in [2.45, 2.75) is 63.5 Å². The molecular formula is C27H39BN4O6. The molecule has 2 aliphatic heterocycles. The van der Waals surface area contributed by atoms with Gasteiger partial charge in [-0.05, 0) is 58.1 Å². The molecule has 0 aromatic heterocycles. The van der Waals surface area contributed by atoms with E-state index in [0.29, 0.717) is 39.3 Å². The van der Waals surface area contributed by atoms with Crippen molar-refractivity contribution >= 4 is 19.1 Å². The smallest absolute Gasteiger partial charge is 0.447 e. The van der Waals surface area contributed by atoms with Crippen molar-refractivity contribution in [1.29, 1.82) is 5.26 Å². The average molecular weight is 526 g/mol. The van der Waals surface area contributed by atoms with Crippen molar-refractivity contribution in [3.05, 3.63) is 47.5 Å². The summed E-state index contributed by atoms with van der Waals surface area (Å²) in [6.45, 7) is 8.82. The first kappa shape index (κ1) is 29.6. The molecule has 0 radical (unpaired) electrons. The molecule has 0 bridgehead atoms. The van der Waals surface area contributed by atoms with Gasteiger partial charge >= 0.3 is 13.2 Å². The van der Waals surface area contributed by atoms with Crippen molar-refractivity contribution in [2.75, 3.05) is 39.5 Å². The number of morpholine rings is 1. The third-order valence-electron chi connectivity index (χ3n) is 7.39. The van der Waals surface area contributed by atoms with E-state index in [-0.39, 0.29) is 24.5 Å². The molecule has 0 aliphatic carbocycles. The summed E-state index contributed by atoms with van der Waals surface area (Å²) >= 11 is 0. The van der Waals surface area contributed by atoms with Crippen LogP contribution in [-0.4, -0.2) is 95.4 Å². The number of hydrogen-bond donors (Lipinski definition) is 3. The Morgan fingerprint density at radius 2 is 1.92 bits per heavy atom. The molecule has 2 atom stereocenters. The van der Waals surface area contributed by atoms with Gasteiger partial charge in [0.15, 0.2) is 0 Å². The van der Waals surface area contributed by atoms with E-state index in [4.69, 9.17) is 9.47 Å². The summed E-state index contributed by atoms with van der Waals surface area (Å²) < 4.78 is 10.9. The highest BCUT2D eigenvalue weighted by molar-refractivity contribution is 6.43. The van der Waals surface area contributed by atoms with Crippen LogP contribution < -0.4 is 5.32 Å². The van der Waals surface area contributed by atoms with Gasteiger partial charge in [-0.15, -0.1) is 0 Å². The van der Waals surface area contributed by atoms with E-state index < -0.39 is 30.2 Å². The second-order valence-corrected chi connectivity index (χ2v) is 10.8. The lowest BCUT2D eigenvalue weighted by Gasteiger charge is -2.44. The number of nitriles is 1. The van der Waals surface area contributed by atoms with Crippen LogP contribution in [0.4, 0.5) is 4.79 Å². The Labute approximate surface area is 225 Å². The number of piperidine rings is 1. The molecule has 1 aromatic rings. The zero-order valence-electron chi connectivity index (χ0n) is 22.6. The zero-order valence-corrected chi connectivity index (χ0v) is 22.6. The maximum absolute atomic E-state index is 13.6. The summed E-state index contributed by atoms with van der Waals surface area (Å²) in [4.78, 5) is 30.0. The maximum atomic E-state index is 13.6. The normalized spacial score (nSPS) is 21.8. The highest BCUT2D eigenvalue weighted by atomic mass is 16.6. The molecule has 2 aliphatic rings. The van der Waals surface area contributed by atoms with Gasteiger partial charge in [-0.1, -0.05) is 30.3 Å². The first-order chi connectivity index (χ1) is 18.1. The monoisotopic (exact) mass is 526 g/mol. The van der Waals surface area contributed by atoms with E-state index in [0.717, 1.165) is 18.4 Å². The molecule has 2 fully saturated rings. The third-order valence-corrected chi connectivity index (χ3v) is 7.39. The minimum Gasteiger partial charge on any atom is -0.447 e. The van der Waals surface area contributed by atoms with E-state index in [9.17, 15) is 24.9 Å².